The van der Waals surface area contributed by atoms with Crippen LogP contribution >= 0.6 is 0 Å². The number of pyridine rings is 1. The Morgan fingerprint density at radius 1 is 1.00 bits per heavy atom. The van der Waals surface area contributed by atoms with E-state index in [1.54, 1.807) is 24.3 Å². The maximum absolute atomic E-state index is 12.7. The van der Waals surface area contributed by atoms with Gasteiger partial charge in [-0.15, -0.1) is 0 Å². The molecule has 8 nitrogen and oxygen atoms in total. The number of ether oxygens (including phenoxy) is 1. The second-order valence-corrected chi connectivity index (χ2v) is 10.8. The van der Waals surface area contributed by atoms with Crippen molar-refractivity contribution < 1.29 is 14.3 Å². The topological polar surface area (TPSA) is 86.8 Å². The number of nitrogens with one attached hydrogen (secondary N) is 2. The van der Waals surface area contributed by atoms with Gasteiger partial charge >= 0.3 is 6.03 Å². The SMILES string of the molecule is Cc1nc(Oc2ccc(C(=O)NC3CC3)cc2)ccc1CN1CCC(N2C(=O)NCC2c2ccccc2)CC1. The van der Waals surface area contributed by atoms with Gasteiger partial charge in [-0.05, 0) is 68.0 Å². The lowest BCUT2D eigenvalue weighted by Gasteiger charge is -2.38. The van der Waals surface area contributed by atoms with Gasteiger partial charge in [0.15, 0.2) is 0 Å². The molecule has 0 bridgehead atoms. The molecule has 3 amide bonds. The highest BCUT2D eigenvalue weighted by Gasteiger charge is 2.38. The lowest BCUT2D eigenvalue weighted by Crippen LogP contribution is -2.46. The molecular weight excluding hydrogens is 490 g/mol. The van der Waals surface area contributed by atoms with Crippen LogP contribution < -0.4 is 15.4 Å². The number of benzene rings is 2. The van der Waals surface area contributed by atoms with Crippen LogP contribution in [0.5, 0.6) is 11.6 Å². The van der Waals surface area contributed by atoms with Gasteiger partial charge in [0, 0.05) is 55.6 Å². The highest BCUT2D eigenvalue weighted by Crippen LogP contribution is 2.31. The Morgan fingerprint density at radius 2 is 1.74 bits per heavy atom. The van der Waals surface area contributed by atoms with Crippen LogP contribution in [-0.2, 0) is 6.54 Å². The van der Waals surface area contributed by atoms with Crippen LogP contribution in [0.25, 0.3) is 0 Å². The number of urea groups is 1. The van der Waals surface area contributed by atoms with Crippen LogP contribution in [-0.4, -0.2) is 58.4 Å². The molecule has 3 fully saturated rings. The van der Waals surface area contributed by atoms with E-state index in [-0.39, 0.29) is 24.0 Å². The monoisotopic (exact) mass is 525 g/mol. The number of likely N-dealkylation sites (tertiary alicyclic amines) is 1. The summed E-state index contributed by atoms with van der Waals surface area (Å²) in [6.45, 7) is 5.38. The van der Waals surface area contributed by atoms with Crippen molar-refractivity contribution in [2.45, 2.75) is 57.3 Å². The molecule has 2 aromatic carbocycles. The van der Waals surface area contributed by atoms with Crippen molar-refractivity contribution in [1.82, 2.24) is 25.4 Å². The molecule has 3 heterocycles. The highest BCUT2D eigenvalue weighted by molar-refractivity contribution is 5.94. The molecule has 1 atom stereocenters. The number of hydrogen-bond acceptors (Lipinski definition) is 5. The highest BCUT2D eigenvalue weighted by atomic mass is 16.5. The second-order valence-electron chi connectivity index (χ2n) is 10.8. The van der Waals surface area contributed by atoms with Crippen LogP contribution in [0, 0.1) is 6.92 Å². The molecule has 1 aliphatic carbocycles. The molecule has 1 aromatic heterocycles. The molecule has 202 valence electrons. The minimum absolute atomic E-state index is 0.0360. The molecule has 0 spiro atoms. The van der Waals surface area contributed by atoms with Gasteiger partial charge in [-0.3, -0.25) is 9.69 Å². The van der Waals surface area contributed by atoms with Gasteiger partial charge in [0.2, 0.25) is 5.88 Å². The normalized spacial score (nSPS) is 20.1. The molecule has 1 unspecified atom stereocenters. The van der Waals surface area contributed by atoms with Crippen molar-refractivity contribution in [3.8, 4) is 11.6 Å². The molecule has 2 saturated heterocycles. The maximum Gasteiger partial charge on any atom is 0.318 e. The number of carbonyl (C=O) groups excluding carboxylic acids is 2. The number of amides is 3. The molecule has 8 heteroatoms. The van der Waals surface area contributed by atoms with Crippen molar-refractivity contribution in [2.24, 2.45) is 0 Å². The lowest BCUT2D eigenvalue weighted by atomic mass is 9.98. The van der Waals surface area contributed by atoms with E-state index in [0.29, 0.717) is 29.8 Å². The predicted octanol–water partition coefficient (Wildman–Crippen LogP) is 4.81. The number of hydrogen-bond donors (Lipinski definition) is 2. The zero-order valence-electron chi connectivity index (χ0n) is 22.3. The van der Waals surface area contributed by atoms with E-state index in [2.05, 4.69) is 43.6 Å². The molecule has 0 radical (unpaired) electrons. The van der Waals surface area contributed by atoms with Crippen LogP contribution in [0.3, 0.4) is 0 Å². The Morgan fingerprint density at radius 3 is 2.44 bits per heavy atom. The van der Waals surface area contributed by atoms with Crippen LogP contribution in [0.2, 0.25) is 0 Å². The Bertz CT molecular complexity index is 1320. The fourth-order valence-electron chi connectivity index (χ4n) is 5.57. The predicted molar refractivity (Wildman–Crippen MR) is 149 cm³/mol. The summed E-state index contributed by atoms with van der Waals surface area (Å²) in [5.74, 6) is 1.16. The van der Waals surface area contributed by atoms with Crippen molar-refractivity contribution in [3.63, 3.8) is 0 Å². The van der Waals surface area contributed by atoms with E-state index in [9.17, 15) is 9.59 Å². The number of carbonyl (C=O) groups is 2. The van der Waals surface area contributed by atoms with Gasteiger partial charge in [-0.25, -0.2) is 9.78 Å². The molecule has 2 aliphatic heterocycles. The molecule has 39 heavy (non-hydrogen) atoms. The van der Waals surface area contributed by atoms with Gasteiger partial charge in [0.1, 0.15) is 5.75 Å². The first kappa shape index (κ1) is 25.4. The third-order valence-corrected chi connectivity index (χ3v) is 7.97. The third kappa shape index (κ3) is 5.91. The first-order valence-electron chi connectivity index (χ1n) is 13.9. The average molecular weight is 526 g/mol. The summed E-state index contributed by atoms with van der Waals surface area (Å²) in [4.78, 5) is 34.1. The van der Waals surface area contributed by atoms with Crippen molar-refractivity contribution in [3.05, 3.63) is 89.1 Å². The zero-order chi connectivity index (χ0) is 26.8. The standard InChI is InChI=1S/C31H35N5O3/c1-21-24(9-14-29(33-21)39-27-12-7-23(8-13-27)30(37)34-25-10-11-25)20-35-17-15-26(16-18-35)36-28(19-32-31(36)38)22-5-3-2-4-6-22/h2-9,12-14,25-26,28H,10-11,15-20H2,1H3,(H,32,38)(H,34,37). The van der Waals surface area contributed by atoms with Crippen LogP contribution in [0.15, 0.2) is 66.7 Å². The zero-order valence-corrected chi connectivity index (χ0v) is 22.3. The van der Waals surface area contributed by atoms with E-state index in [1.807, 2.05) is 31.2 Å². The molecule has 2 N–H and O–H groups in total. The third-order valence-electron chi connectivity index (χ3n) is 7.97. The Labute approximate surface area is 229 Å². The van der Waals surface area contributed by atoms with Crippen LogP contribution in [0.1, 0.15) is 58.9 Å². The number of aromatic nitrogens is 1. The number of piperidine rings is 1. The van der Waals surface area contributed by atoms with Crippen molar-refractivity contribution >= 4 is 11.9 Å². The minimum Gasteiger partial charge on any atom is -0.439 e. The van der Waals surface area contributed by atoms with Crippen LogP contribution in [0.4, 0.5) is 4.79 Å². The van der Waals surface area contributed by atoms with Gasteiger partial charge in [-0.2, -0.15) is 0 Å². The summed E-state index contributed by atoms with van der Waals surface area (Å²) in [5, 5.41) is 6.05. The van der Waals surface area contributed by atoms with Gasteiger partial charge in [-0.1, -0.05) is 36.4 Å². The Balaban J connectivity index is 1.02. The molecular formula is C31H35N5O3. The summed E-state index contributed by atoms with van der Waals surface area (Å²) >= 11 is 0. The number of nitrogens with zero attached hydrogens (tertiary/aromatic N) is 3. The van der Waals surface area contributed by atoms with E-state index in [0.717, 1.165) is 51.0 Å². The Hall–Kier alpha value is -3.91. The lowest BCUT2D eigenvalue weighted by molar-refractivity contribution is 0.0951. The molecule has 3 aromatic rings. The van der Waals surface area contributed by atoms with E-state index < -0.39 is 0 Å². The maximum atomic E-state index is 12.7. The first-order valence-corrected chi connectivity index (χ1v) is 13.9. The summed E-state index contributed by atoms with van der Waals surface area (Å²) in [6, 6.07) is 22.2. The van der Waals surface area contributed by atoms with Gasteiger partial charge in [0.25, 0.3) is 5.91 Å². The summed E-state index contributed by atoms with van der Waals surface area (Å²) < 4.78 is 5.96. The van der Waals surface area contributed by atoms with E-state index >= 15 is 0 Å². The van der Waals surface area contributed by atoms with Gasteiger partial charge in [0.05, 0.1) is 6.04 Å². The number of aryl methyl sites for hydroxylation is 1. The Kier molecular flexibility index (Phi) is 7.20. The molecule has 3 aliphatic rings. The average Bonchev–Trinajstić information content (AvgIpc) is 3.69. The summed E-state index contributed by atoms with van der Waals surface area (Å²) in [5.41, 5.74) is 3.95. The second kappa shape index (κ2) is 11.1. The largest absolute Gasteiger partial charge is 0.439 e. The summed E-state index contributed by atoms with van der Waals surface area (Å²) in [7, 11) is 0. The van der Waals surface area contributed by atoms with Gasteiger partial charge < -0.3 is 20.3 Å². The minimum atomic E-state index is -0.0360. The summed E-state index contributed by atoms with van der Waals surface area (Å²) in [6.07, 6.45) is 4.05. The smallest absolute Gasteiger partial charge is 0.318 e. The van der Waals surface area contributed by atoms with E-state index in [1.165, 1.54) is 11.1 Å². The van der Waals surface area contributed by atoms with Crippen molar-refractivity contribution in [1.29, 1.82) is 0 Å². The fraction of sp³-hybridized carbons (Fsp3) is 0.387. The fourth-order valence-corrected chi connectivity index (χ4v) is 5.57. The quantitative estimate of drug-likeness (QED) is 0.441. The molecule has 1 saturated carbocycles. The first-order chi connectivity index (χ1) is 19.0. The van der Waals surface area contributed by atoms with E-state index in [4.69, 9.17) is 4.74 Å². The van der Waals surface area contributed by atoms with Crippen molar-refractivity contribution in [2.75, 3.05) is 19.6 Å². The molecule has 6 rings (SSSR count). The number of rotatable bonds is 8.